The van der Waals surface area contributed by atoms with Gasteiger partial charge in [-0.1, -0.05) is 42.5 Å². The van der Waals surface area contributed by atoms with Crippen molar-refractivity contribution in [1.82, 2.24) is 15.2 Å². The normalized spacial score (nSPS) is 10.6. The smallest absolute Gasteiger partial charge is 0.256 e. The van der Waals surface area contributed by atoms with Gasteiger partial charge < -0.3 is 5.32 Å². The molecule has 0 saturated carbocycles. The van der Waals surface area contributed by atoms with E-state index in [9.17, 15) is 4.79 Å². The first-order valence-corrected chi connectivity index (χ1v) is 9.06. The van der Waals surface area contributed by atoms with Crippen LogP contribution in [0.3, 0.4) is 0 Å². The van der Waals surface area contributed by atoms with Crippen molar-refractivity contribution in [2.75, 3.05) is 5.32 Å². The van der Waals surface area contributed by atoms with E-state index in [1.165, 1.54) is 0 Å². The van der Waals surface area contributed by atoms with Crippen LogP contribution in [-0.4, -0.2) is 21.1 Å². The van der Waals surface area contributed by atoms with Gasteiger partial charge in [0.1, 0.15) is 5.82 Å². The van der Waals surface area contributed by atoms with Crippen molar-refractivity contribution in [3.8, 4) is 22.4 Å². The second-order valence-corrected chi connectivity index (χ2v) is 6.63. The highest BCUT2D eigenvalue weighted by molar-refractivity contribution is 6.04. The Labute approximate surface area is 163 Å². The number of carbonyl (C=O) groups is 1. The number of nitrogens with one attached hydrogen (secondary N) is 2. The zero-order valence-corrected chi connectivity index (χ0v) is 15.7. The molecule has 0 aliphatic heterocycles. The zero-order chi connectivity index (χ0) is 19.5. The first-order valence-electron chi connectivity index (χ1n) is 9.06. The molecule has 4 rings (SSSR count). The number of pyridine rings is 1. The van der Waals surface area contributed by atoms with Crippen molar-refractivity contribution in [3.63, 3.8) is 0 Å². The lowest BCUT2D eigenvalue weighted by molar-refractivity contribution is 0.102. The van der Waals surface area contributed by atoms with Gasteiger partial charge in [-0.2, -0.15) is 5.10 Å². The highest BCUT2D eigenvalue weighted by atomic mass is 16.1. The molecule has 0 radical (unpaired) electrons. The quantitative estimate of drug-likeness (QED) is 0.532. The van der Waals surface area contributed by atoms with Gasteiger partial charge in [0.15, 0.2) is 0 Å². The topological polar surface area (TPSA) is 70.7 Å². The number of amides is 1. The fourth-order valence-corrected chi connectivity index (χ4v) is 3.12. The molecule has 2 aromatic heterocycles. The molecule has 0 atom stereocenters. The standard InChI is InChI=1S/C23H20N4O/c1-15-16(2)25-22(14-20(15)17-6-4-3-5-7-17)26-23(28)19-10-8-18(9-11-19)21-12-13-24-27-21/h3-14H,1-2H3,(H,24,27)(H,25,26,28). The monoisotopic (exact) mass is 368 g/mol. The summed E-state index contributed by atoms with van der Waals surface area (Å²) in [5.74, 6) is 0.357. The molecule has 2 aromatic carbocycles. The molecule has 138 valence electrons. The minimum Gasteiger partial charge on any atom is -0.307 e. The van der Waals surface area contributed by atoms with E-state index in [2.05, 4.69) is 32.6 Å². The van der Waals surface area contributed by atoms with Crippen LogP contribution in [0.2, 0.25) is 0 Å². The third-order valence-corrected chi connectivity index (χ3v) is 4.80. The summed E-state index contributed by atoms with van der Waals surface area (Å²) in [5, 5.41) is 9.78. The maximum atomic E-state index is 12.7. The lowest BCUT2D eigenvalue weighted by Crippen LogP contribution is -2.13. The number of hydrogen-bond donors (Lipinski definition) is 2. The van der Waals surface area contributed by atoms with E-state index in [4.69, 9.17) is 0 Å². The Hall–Kier alpha value is -3.73. The van der Waals surface area contributed by atoms with Gasteiger partial charge in [0.05, 0.1) is 5.69 Å². The van der Waals surface area contributed by atoms with E-state index in [0.29, 0.717) is 11.4 Å². The van der Waals surface area contributed by atoms with Crippen LogP contribution in [0.1, 0.15) is 21.6 Å². The Bertz CT molecular complexity index is 1100. The summed E-state index contributed by atoms with van der Waals surface area (Å²) in [6.45, 7) is 4.00. The van der Waals surface area contributed by atoms with Crippen LogP contribution in [0.15, 0.2) is 72.9 Å². The summed E-state index contributed by atoms with van der Waals surface area (Å²) in [7, 11) is 0. The van der Waals surface area contributed by atoms with Gasteiger partial charge in [0.25, 0.3) is 5.91 Å². The van der Waals surface area contributed by atoms with Gasteiger partial charge in [-0.15, -0.1) is 0 Å². The number of aromatic amines is 1. The Balaban J connectivity index is 1.59. The van der Waals surface area contributed by atoms with Gasteiger partial charge in [0, 0.05) is 17.5 Å². The fraction of sp³-hybridized carbons (Fsp3) is 0.0870. The molecule has 0 bridgehead atoms. The highest BCUT2D eigenvalue weighted by Crippen LogP contribution is 2.27. The maximum Gasteiger partial charge on any atom is 0.256 e. The Morgan fingerprint density at radius 3 is 2.36 bits per heavy atom. The van der Waals surface area contributed by atoms with Crippen LogP contribution >= 0.6 is 0 Å². The number of benzene rings is 2. The van der Waals surface area contributed by atoms with Crippen LogP contribution in [-0.2, 0) is 0 Å². The lowest BCUT2D eigenvalue weighted by atomic mass is 10.00. The molecule has 5 heteroatoms. The van der Waals surface area contributed by atoms with Crippen molar-refractivity contribution in [3.05, 3.63) is 89.7 Å². The number of anilines is 1. The average Bonchev–Trinajstić information content (AvgIpc) is 3.26. The predicted molar refractivity (Wildman–Crippen MR) is 111 cm³/mol. The fourth-order valence-electron chi connectivity index (χ4n) is 3.12. The van der Waals surface area contributed by atoms with Gasteiger partial charge in [-0.3, -0.25) is 9.89 Å². The summed E-state index contributed by atoms with van der Waals surface area (Å²) in [6, 6.07) is 21.3. The SMILES string of the molecule is Cc1nc(NC(=O)c2ccc(-c3ccn[nH]3)cc2)cc(-c2ccccc2)c1C. The number of hydrogen-bond acceptors (Lipinski definition) is 3. The number of rotatable bonds is 4. The number of nitrogens with zero attached hydrogens (tertiary/aromatic N) is 2. The van der Waals surface area contributed by atoms with E-state index in [-0.39, 0.29) is 5.91 Å². The molecule has 1 amide bonds. The van der Waals surface area contributed by atoms with Crippen LogP contribution in [0.4, 0.5) is 5.82 Å². The zero-order valence-electron chi connectivity index (χ0n) is 15.7. The lowest BCUT2D eigenvalue weighted by Gasteiger charge is -2.12. The number of carbonyl (C=O) groups excluding carboxylic acids is 1. The Morgan fingerprint density at radius 1 is 0.929 bits per heavy atom. The molecule has 0 fully saturated rings. The molecule has 2 heterocycles. The first kappa shape index (κ1) is 17.7. The van der Waals surface area contributed by atoms with E-state index >= 15 is 0 Å². The molecule has 0 saturated heterocycles. The van der Waals surface area contributed by atoms with Crippen molar-refractivity contribution in [2.45, 2.75) is 13.8 Å². The van der Waals surface area contributed by atoms with Crippen LogP contribution in [0, 0.1) is 13.8 Å². The third kappa shape index (κ3) is 3.55. The Kier molecular flexibility index (Phi) is 4.72. The average molecular weight is 368 g/mol. The molecule has 2 N–H and O–H groups in total. The minimum atomic E-state index is -0.189. The summed E-state index contributed by atoms with van der Waals surface area (Å²) in [4.78, 5) is 17.2. The van der Waals surface area contributed by atoms with Crippen LogP contribution in [0.5, 0.6) is 0 Å². The predicted octanol–water partition coefficient (Wildman–Crippen LogP) is 5.01. The molecular formula is C23H20N4O. The largest absolute Gasteiger partial charge is 0.307 e. The Morgan fingerprint density at radius 2 is 1.68 bits per heavy atom. The summed E-state index contributed by atoms with van der Waals surface area (Å²) >= 11 is 0. The molecule has 28 heavy (non-hydrogen) atoms. The van der Waals surface area contributed by atoms with Crippen LogP contribution < -0.4 is 5.32 Å². The summed E-state index contributed by atoms with van der Waals surface area (Å²) < 4.78 is 0. The van der Waals surface area contributed by atoms with E-state index in [1.54, 1.807) is 18.3 Å². The van der Waals surface area contributed by atoms with Crippen molar-refractivity contribution < 1.29 is 4.79 Å². The van der Waals surface area contributed by atoms with Gasteiger partial charge in [-0.25, -0.2) is 4.98 Å². The summed E-state index contributed by atoms with van der Waals surface area (Å²) in [6.07, 6.45) is 1.70. The van der Waals surface area contributed by atoms with Gasteiger partial charge in [0.2, 0.25) is 0 Å². The molecule has 4 aromatic rings. The first-order chi connectivity index (χ1) is 13.6. The van der Waals surface area contributed by atoms with Crippen LogP contribution in [0.25, 0.3) is 22.4 Å². The van der Waals surface area contributed by atoms with Crippen molar-refractivity contribution >= 4 is 11.7 Å². The maximum absolute atomic E-state index is 12.7. The summed E-state index contributed by atoms with van der Waals surface area (Å²) in [5.41, 5.74) is 6.63. The van der Waals surface area contributed by atoms with Gasteiger partial charge >= 0.3 is 0 Å². The molecular weight excluding hydrogens is 348 g/mol. The van der Waals surface area contributed by atoms with Crippen molar-refractivity contribution in [2.24, 2.45) is 0 Å². The number of H-pyrrole nitrogens is 1. The van der Waals surface area contributed by atoms with E-state index < -0.39 is 0 Å². The third-order valence-electron chi connectivity index (χ3n) is 4.80. The van der Waals surface area contributed by atoms with E-state index in [1.807, 2.05) is 56.3 Å². The molecule has 0 unspecified atom stereocenters. The molecule has 0 aliphatic rings. The molecule has 0 aliphatic carbocycles. The minimum absolute atomic E-state index is 0.189. The molecule has 0 spiro atoms. The van der Waals surface area contributed by atoms with Gasteiger partial charge in [-0.05, 0) is 60.4 Å². The number of aromatic nitrogens is 3. The van der Waals surface area contributed by atoms with Crippen molar-refractivity contribution in [1.29, 1.82) is 0 Å². The second kappa shape index (κ2) is 7.48. The second-order valence-electron chi connectivity index (χ2n) is 6.63. The molecule has 5 nitrogen and oxygen atoms in total. The number of aryl methyl sites for hydroxylation is 1. The highest BCUT2D eigenvalue weighted by Gasteiger charge is 2.12. The van der Waals surface area contributed by atoms with E-state index in [0.717, 1.165) is 33.6 Å².